The van der Waals surface area contributed by atoms with Crippen molar-refractivity contribution in [3.05, 3.63) is 10.4 Å². The Bertz CT molecular complexity index is 926. The summed E-state index contributed by atoms with van der Waals surface area (Å²) in [5.41, 5.74) is 8.14. The Balaban J connectivity index is 1.38. The average Bonchev–Trinajstić information content (AvgIpc) is 3.55. The van der Waals surface area contributed by atoms with Crippen LogP contribution in [0.4, 0.5) is 4.79 Å². The summed E-state index contributed by atoms with van der Waals surface area (Å²) in [5, 5.41) is 24.5. The van der Waals surface area contributed by atoms with Gasteiger partial charge in [0.25, 0.3) is 0 Å². The molecule has 0 spiro atoms. The van der Waals surface area contributed by atoms with Crippen molar-refractivity contribution in [3.63, 3.8) is 0 Å². The number of unbranched alkanes of at least 4 members (excludes halogenated alkanes) is 2. The van der Waals surface area contributed by atoms with Crippen LogP contribution in [0.3, 0.4) is 0 Å². The number of rotatable bonds is 27. The Morgan fingerprint density at radius 1 is 0.932 bits per heavy atom. The van der Waals surface area contributed by atoms with Crippen molar-refractivity contribution < 1.29 is 43.2 Å². The molecular formula is C27H47N7O9S. The van der Waals surface area contributed by atoms with Crippen molar-refractivity contribution in [1.29, 1.82) is 0 Å². The van der Waals surface area contributed by atoms with Gasteiger partial charge in [0.05, 0.1) is 64.9 Å². The van der Waals surface area contributed by atoms with Gasteiger partial charge in [-0.25, -0.2) is 9.59 Å². The largest absolute Gasteiger partial charge is 0.480 e. The molecule has 0 aromatic heterocycles. The molecule has 2 fully saturated rings. The highest BCUT2D eigenvalue weighted by Crippen LogP contribution is 2.33. The molecule has 2 aliphatic rings. The number of hydrogen-bond donors (Lipinski definition) is 5. The number of thioether (sulfide) groups is 1. The minimum atomic E-state index is -1.10. The number of nitrogens with one attached hydrogen (secondary N) is 4. The summed E-state index contributed by atoms with van der Waals surface area (Å²) in [6.45, 7) is 3.45. The third-order valence-electron chi connectivity index (χ3n) is 6.94. The Kier molecular flexibility index (Phi) is 20.0. The monoisotopic (exact) mass is 645 g/mol. The number of carbonyl (C=O) groups excluding carboxylic acids is 3. The maximum Gasteiger partial charge on any atom is 0.326 e. The fourth-order valence-electron chi connectivity index (χ4n) is 4.66. The van der Waals surface area contributed by atoms with E-state index in [0.29, 0.717) is 77.3 Å². The lowest BCUT2D eigenvalue weighted by Gasteiger charge is -2.16. The lowest BCUT2D eigenvalue weighted by molar-refractivity contribution is -0.142. The summed E-state index contributed by atoms with van der Waals surface area (Å²) in [4.78, 5) is 49.9. The van der Waals surface area contributed by atoms with E-state index in [1.807, 2.05) is 11.8 Å². The van der Waals surface area contributed by atoms with E-state index in [1.54, 1.807) is 0 Å². The van der Waals surface area contributed by atoms with Gasteiger partial charge in [0.15, 0.2) is 0 Å². The summed E-state index contributed by atoms with van der Waals surface area (Å²) < 4.78 is 21.3. The number of nitrogens with zero attached hydrogens (tertiary/aromatic N) is 3. The van der Waals surface area contributed by atoms with Crippen LogP contribution in [0.2, 0.25) is 0 Å². The van der Waals surface area contributed by atoms with Crippen LogP contribution >= 0.6 is 11.8 Å². The van der Waals surface area contributed by atoms with Crippen LogP contribution in [-0.2, 0) is 33.3 Å². The van der Waals surface area contributed by atoms with E-state index in [1.165, 1.54) is 0 Å². The highest BCUT2D eigenvalue weighted by molar-refractivity contribution is 8.00. The SMILES string of the molecule is [N-]=[N+]=NCCOCCOCCOCCOCCC(=O)NC(CCCCNC(=O)CCCCC1SC[C@H]2NC(=O)N[C@@H]12)C(=O)O. The standard InChI is InChI=1S/C27H47N7O9S/c28-34-30-10-12-41-14-16-43-18-17-42-15-13-40-11-8-24(36)31-20(26(37)38)5-3-4-9-29-23(35)7-2-1-6-22-25-21(19-44-22)32-27(39)33-25/h20-22,25H,1-19H2,(H,29,35)(H,31,36)(H,37,38)(H2,32,33,39)/t20?,21-,22?,25-/m1/s1. The average molecular weight is 646 g/mol. The molecule has 0 aliphatic carbocycles. The molecule has 0 saturated carbocycles. The van der Waals surface area contributed by atoms with Gasteiger partial charge in [-0.1, -0.05) is 11.5 Å². The molecule has 2 heterocycles. The Morgan fingerprint density at radius 2 is 1.61 bits per heavy atom. The Labute approximate surface area is 262 Å². The third kappa shape index (κ3) is 16.9. The first-order valence-corrected chi connectivity index (χ1v) is 16.2. The van der Waals surface area contributed by atoms with Crippen molar-refractivity contribution in [2.24, 2.45) is 5.11 Å². The fraction of sp³-hybridized carbons (Fsp3) is 0.852. The topological polar surface area (TPSA) is 222 Å². The summed E-state index contributed by atoms with van der Waals surface area (Å²) in [6, 6.07) is -0.700. The van der Waals surface area contributed by atoms with Crippen LogP contribution in [0.15, 0.2) is 5.11 Å². The molecule has 0 radical (unpaired) electrons. The summed E-state index contributed by atoms with van der Waals surface area (Å²) in [7, 11) is 0. The number of carbonyl (C=O) groups is 4. The first-order valence-electron chi connectivity index (χ1n) is 15.2. The van der Waals surface area contributed by atoms with E-state index in [2.05, 4.69) is 31.3 Å². The number of carboxylic acids is 1. The molecule has 0 aromatic rings. The minimum absolute atomic E-state index is 0.0265. The summed E-state index contributed by atoms with van der Waals surface area (Å²) in [5.74, 6) is -0.605. The number of amides is 4. The van der Waals surface area contributed by atoms with Crippen molar-refractivity contribution in [2.45, 2.75) is 74.7 Å². The van der Waals surface area contributed by atoms with E-state index in [-0.39, 0.29) is 50.0 Å². The quantitative estimate of drug-likeness (QED) is 0.0283. The molecule has 4 atom stereocenters. The number of aliphatic carboxylic acids is 1. The van der Waals surface area contributed by atoms with Crippen molar-refractivity contribution in [1.82, 2.24) is 21.3 Å². The summed E-state index contributed by atoms with van der Waals surface area (Å²) in [6.07, 6.45) is 4.55. The van der Waals surface area contributed by atoms with Crippen LogP contribution in [0.25, 0.3) is 10.4 Å². The highest BCUT2D eigenvalue weighted by atomic mass is 32.2. The smallest absolute Gasteiger partial charge is 0.326 e. The van der Waals surface area contributed by atoms with Crippen molar-refractivity contribution in [2.75, 3.05) is 71.7 Å². The number of azide groups is 1. The number of hydrogen-bond acceptors (Lipinski definition) is 10. The molecule has 0 aromatic carbocycles. The third-order valence-corrected chi connectivity index (χ3v) is 8.45. The minimum Gasteiger partial charge on any atom is -0.480 e. The van der Waals surface area contributed by atoms with E-state index in [4.69, 9.17) is 24.5 Å². The zero-order chi connectivity index (χ0) is 31.8. The molecular weight excluding hydrogens is 598 g/mol. The van der Waals surface area contributed by atoms with E-state index >= 15 is 0 Å². The maximum atomic E-state index is 12.1. The second-order valence-corrected chi connectivity index (χ2v) is 11.6. The molecule has 250 valence electrons. The second kappa shape index (κ2) is 23.5. The van der Waals surface area contributed by atoms with Crippen LogP contribution in [0, 0.1) is 0 Å². The highest BCUT2D eigenvalue weighted by Gasteiger charge is 2.42. The van der Waals surface area contributed by atoms with E-state index in [9.17, 15) is 24.3 Å². The predicted octanol–water partition coefficient (Wildman–Crippen LogP) is 1.33. The molecule has 2 rings (SSSR count). The Morgan fingerprint density at radius 3 is 2.30 bits per heavy atom. The zero-order valence-corrected chi connectivity index (χ0v) is 26.0. The molecule has 0 bridgehead atoms. The molecule has 2 aliphatic heterocycles. The number of fused-ring (bicyclic) bond motifs is 1. The van der Waals surface area contributed by atoms with Gasteiger partial charge in [-0.05, 0) is 37.6 Å². The molecule has 2 unspecified atom stereocenters. The van der Waals surface area contributed by atoms with Gasteiger partial charge in [0.1, 0.15) is 6.04 Å². The van der Waals surface area contributed by atoms with Crippen LogP contribution < -0.4 is 21.3 Å². The van der Waals surface area contributed by atoms with Crippen molar-refractivity contribution >= 4 is 35.6 Å². The molecule has 44 heavy (non-hydrogen) atoms. The number of ether oxygens (including phenoxy) is 4. The first kappa shape index (κ1) is 37.4. The molecule has 4 amide bonds. The Hall–Kier alpha value is -2.82. The van der Waals surface area contributed by atoms with Crippen molar-refractivity contribution in [3.8, 4) is 0 Å². The maximum absolute atomic E-state index is 12.1. The van der Waals surface area contributed by atoms with Gasteiger partial charge < -0.3 is 45.3 Å². The molecule has 16 nitrogen and oxygen atoms in total. The molecule has 5 N–H and O–H groups in total. The van der Waals surface area contributed by atoms with E-state index in [0.717, 1.165) is 25.0 Å². The van der Waals surface area contributed by atoms with E-state index < -0.39 is 17.9 Å². The lowest BCUT2D eigenvalue weighted by atomic mass is 10.0. The van der Waals surface area contributed by atoms with Gasteiger partial charge in [-0.15, -0.1) is 0 Å². The van der Waals surface area contributed by atoms with Gasteiger partial charge in [-0.2, -0.15) is 11.8 Å². The lowest BCUT2D eigenvalue weighted by Crippen LogP contribution is -2.41. The van der Waals surface area contributed by atoms with Crippen LogP contribution in [0.1, 0.15) is 51.4 Å². The van der Waals surface area contributed by atoms with Gasteiger partial charge in [0, 0.05) is 41.8 Å². The normalized spacial score (nSPS) is 19.4. The fourth-order valence-corrected chi connectivity index (χ4v) is 6.21. The molecule has 17 heteroatoms. The van der Waals surface area contributed by atoms with Gasteiger partial charge in [0.2, 0.25) is 11.8 Å². The number of urea groups is 1. The summed E-state index contributed by atoms with van der Waals surface area (Å²) >= 11 is 1.86. The zero-order valence-electron chi connectivity index (χ0n) is 25.2. The molecule has 2 saturated heterocycles. The predicted molar refractivity (Wildman–Crippen MR) is 162 cm³/mol. The van der Waals surface area contributed by atoms with Gasteiger partial charge >= 0.3 is 12.0 Å². The van der Waals surface area contributed by atoms with Crippen LogP contribution in [0.5, 0.6) is 0 Å². The first-order chi connectivity index (χ1) is 21.4. The second-order valence-electron chi connectivity index (χ2n) is 10.3. The van der Waals surface area contributed by atoms with Crippen LogP contribution in [-0.4, -0.2) is 124 Å². The number of carboxylic acid groups (broad SMARTS) is 1. The van der Waals surface area contributed by atoms with Gasteiger partial charge in [-0.3, -0.25) is 9.59 Å².